The van der Waals surface area contributed by atoms with Crippen LogP contribution in [-0.2, 0) is 10.0 Å². The third-order valence-corrected chi connectivity index (χ3v) is 3.46. The Morgan fingerprint density at radius 1 is 1.33 bits per heavy atom. The lowest BCUT2D eigenvalue weighted by atomic mass is 10.2. The second-order valence-corrected chi connectivity index (χ2v) is 5.23. The fourth-order valence-electron chi connectivity index (χ4n) is 1.53. The van der Waals surface area contributed by atoms with Crippen LogP contribution in [0.25, 0.3) is 0 Å². The van der Waals surface area contributed by atoms with E-state index in [1.807, 2.05) is 0 Å². The lowest BCUT2D eigenvalue weighted by Gasteiger charge is -2.18. The maximum atomic E-state index is 13.7. The number of nitrogens with zero attached hydrogens (tertiary/aromatic N) is 1. The van der Waals surface area contributed by atoms with Crippen LogP contribution >= 0.6 is 0 Å². The number of hydrogen-bond acceptors (Lipinski definition) is 3. The number of halogens is 1. The first-order valence-corrected chi connectivity index (χ1v) is 6.97. The summed E-state index contributed by atoms with van der Waals surface area (Å²) in [6, 6.07) is 3.01. The first-order valence-electron chi connectivity index (χ1n) is 5.42. The molecule has 0 atom stereocenters. The Bertz CT molecular complexity index is 553. The maximum absolute atomic E-state index is 13.7. The largest absolute Gasteiger partial charge is 0.339 e. The van der Waals surface area contributed by atoms with E-state index < -0.39 is 21.7 Å². The van der Waals surface area contributed by atoms with Gasteiger partial charge < -0.3 is 4.90 Å². The Kier molecular flexibility index (Phi) is 4.42. The Morgan fingerprint density at radius 3 is 2.28 bits per heavy atom. The normalized spacial score (nSPS) is 11.3. The molecule has 7 heteroatoms. The fourth-order valence-corrected chi connectivity index (χ4v) is 2.05. The molecule has 100 valence electrons. The van der Waals surface area contributed by atoms with Crippen molar-refractivity contribution in [2.45, 2.75) is 18.7 Å². The molecule has 0 saturated heterocycles. The van der Waals surface area contributed by atoms with Crippen molar-refractivity contribution in [3.05, 3.63) is 29.6 Å². The summed E-state index contributed by atoms with van der Waals surface area (Å²) >= 11 is 0. The summed E-state index contributed by atoms with van der Waals surface area (Å²) in [5.41, 5.74) is -0.161. The molecule has 0 aliphatic rings. The summed E-state index contributed by atoms with van der Waals surface area (Å²) in [5, 5.41) is 4.87. The summed E-state index contributed by atoms with van der Waals surface area (Å²) < 4.78 is 35.8. The molecule has 0 radical (unpaired) electrons. The highest BCUT2D eigenvalue weighted by atomic mass is 32.2. The van der Waals surface area contributed by atoms with Crippen LogP contribution in [0, 0.1) is 5.82 Å². The number of benzene rings is 1. The highest BCUT2D eigenvalue weighted by molar-refractivity contribution is 7.89. The van der Waals surface area contributed by atoms with Gasteiger partial charge in [0.1, 0.15) is 5.82 Å². The third-order valence-electron chi connectivity index (χ3n) is 2.55. The molecule has 0 bridgehead atoms. The standard InChI is InChI=1S/C11H15FN2O3S/c1-3-14(4-2)11(15)9-6-5-8(7-10(9)12)18(13,16)17/h5-7H,3-4H2,1-2H3,(H2,13,16,17). The molecule has 0 fully saturated rings. The van der Waals surface area contributed by atoms with Gasteiger partial charge >= 0.3 is 0 Å². The lowest BCUT2D eigenvalue weighted by molar-refractivity contribution is 0.0768. The molecule has 0 saturated carbocycles. The van der Waals surface area contributed by atoms with Crippen LogP contribution in [0.3, 0.4) is 0 Å². The summed E-state index contributed by atoms with van der Waals surface area (Å²) in [6.07, 6.45) is 0. The predicted octanol–water partition coefficient (Wildman–Crippen LogP) is 0.955. The van der Waals surface area contributed by atoms with Crippen molar-refractivity contribution < 1.29 is 17.6 Å². The molecule has 18 heavy (non-hydrogen) atoms. The first kappa shape index (κ1) is 14.6. The molecule has 0 aromatic heterocycles. The van der Waals surface area contributed by atoms with Crippen LogP contribution in [0.4, 0.5) is 4.39 Å². The highest BCUT2D eigenvalue weighted by Crippen LogP contribution is 2.15. The summed E-state index contributed by atoms with van der Waals surface area (Å²) in [4.78, 5) is 13.0. The second kappa shape index (κ2) is 5.45. The minimum Gasteiger partial charge on any atom is -0.339 e. The van der Waals surface area contributed by atoms with E-state index in [1.165, 1.54) is 4.90 Å². The highest BCUT2D eigenvalue weighted by Gasteiger charge is 2.19. The summed E-state index contributed by atoms with van der Waals surface area (Å²) in [5.74, 6) is -1.36. The van der Waals surface area contributed by atoms with Crippen LogP contribution in [0.15, 0.2) is 23.1 Å². The van der Waals surface area contributed by atoms with E-state index in [9.17, 15) is 17.6 Å². The quantitative estimate of drug-likeness (QED) is 0.887. The molecule has 1 aromatic carbocycles. The Morgan fingerprint density at radius 2 is 1.89 bits per heavy atom. The zero-order chi connectivity index (χ0) is 13.9. The Hall–Kier alpha value is -1.47. The number of hydrogen-bond donors (Lipinski definition) is 1. The number of primary sulfonamides is 1. The van der Waals surface area contributed by atoms with E-state index in [2.05, 4.69) is 0 Å². The molecule has 0 aliphatic carbocycles. The van der Waals surface area contributed by atoms with Crippen molar-refractivity contribution in [3.63, 3.8) is 0 Å². The SMILES string of the molecule is CCN(CC)C(=O)c1ccc(S(N)(=O)=O)cc1F. The number of amides is 1. The van der Waals surface area contributed by atoms with E-state index in [1.54, 1.807) is 13.8 Å². The van der Waals surface area contributed by atoms with Crippen molar-refractivity contribution in [2.75, 3.05) is 13.1 Å². The Balaban J connectivity index is 3.18. The molecule has 1 aromatic rings. The van der Waals surface area contributed by atoms with Crippen molar-refractivity contribution in [1.82, 2.24) is 4.90 Å². The fraction of sp³-hybridized carbons (Fsp3) is 0.364. The van der Waals surface area contributed by atoms with Crippen molar-refractivity contribution in [2.24, 2.45) is 5.14 Å². The number of sulfonamides is 1. The zero-order valence-electron chi connectivity index (χ0n) is 10.2. The maximum Gasteiger partial charge on any atom is 0.256 e. The number of carbonyl (C=O) groups is 1. The average molecular weight is 274 g/mol. The first-order chi connectivity index (χ1) is 8.31. The van der Waals surface area contributed by atoms with Gasteiger partial charge in [-0.05, 0) is 32.0 Å². The molecule has 0 spiro atoms. The van der Waals surface area contributed by atoms with Crippen LogP contribution in [0.5, 0.6) is 0 Å². The molecule has 1 amide bonds. The topological polar surface area (TPSA) is 80.5 Å². The van der Waals surface area contributed by atoms with Gasteiger partial charge in [-0.2, -0.15) is 0 Å². The van der Waals surface area contributed by atoms with E-state index >= 15 is 0 Å². The van der Waals surface area contributed by atoms with Gasteiger partial charge in [-0.1, -0.05) is 0 Å². The smallest absolute Gasteiger partial charge is 0.256 e. The molecule has 0 aliphatic heterocycles. The van der Waals surface area contributed by atoms with E-state index in [4.69, 9.17) is 5.14 Å². The molecule has 1 rings (SSSR count). The molecular weight excluding hydrogens is 259 g/mol. The number of rotatable bonds is 4. The van der Waals surface area contributed by atoms with Gasteiger partial charge in [-0.3, -0.25) is 4.79 Å². The second-order valence-electron chi connectivity index (χ2n) is 3.66. The minimum atomic E-state index is -3.96. The van der Waals surface area contributed by atoms with Gasteiger partial charge in [0, 0.05) is 13.1 Å². The number of carbonyl (C=O) groups excluding carboxylic acids is 1. The third kappa shape index (κ3) is 3.05. The molecular formula is C11H15FN2O3S. The molecule has 5 nitrogen and oxygen atoms in total. The molecule has 2 N–H and O–H groups in total. The van der Waals surface area contributed by atoms with E-state index in [0.717, 1.165) is 18.2 Å². The zero-order valence-corrected chi connectivity index (χ0v) is 11.0. The molecule has 0 heterocycles. The van der Waals surface area contributed by atoms with Crippen LogP contribution in [0.2, 0.25) is 0 Å². The van der Waals surface area contributed by atoms with E-state index in [0.29, 0.717) is 13.1 Å². The monoisotopic (exact) mass is 274 g/mol. The predicted molar refractivity (Wildman–Crippen MR) is 65.0 cm³/mol. The molecule has 0 unspecified atom stereocenters. The van der Waals surface area contributed by atoms with Crippen molar-refractivity contribution in [1.29, 1.82) is 0 Å². The average Bonchev–Trinajstić information content (AvgIpc) is 2.29. The van der Waals surface area contributed by atoms with Crippen molar-refractivity contribution in [3.8, 4) is 0 Å². The van der Waals surface area contributed by atoms with Gasteiger partial charge in [-0.15, -0.1) is 0 Å². The van der Waals surface area contributed by atoms with Crippen LogP contribution in [0.1, 0.15) is 24.2 Å². The van der Waals surface area contributed by atoms with Crippen LogP contribution < -0.4 is 5.14 Å². The summed E-state index contributed by atoms with van der Waals surface area (Å²) in [7, 11) is -3.96. The van der Waals surface area contributed by atoms with Gasteiger partial charge in [0.15, 0.2) is 0 Å². The minimum absolute atomic E-state index is 0.161. The Labute approximate surface area is 105 Å². The van der Waals surface area contributed by atoms with Gasteiger partial charge in [-0.25, -0.2) is 17.9 Å². The van der Waals surface area contributed by atoms with E-state index in [-0.39, 0.29) is 10.5 Å². The lowest BCUT2D eigenvalue weighted by Crippen LogP contribution is -2.31. The summed E-state index contributed by atoms with van der Waals surface area (Å²) in [6.45, 7) is 4.45. The van der Waals surface area contributed by atoms with Gasteiger partial charge in [0.2, 0.25) is 10.0 Å². The van der Waals surface area contributed by atoms with Crippen molar-refractivity contribution >= 4 is 15.9 Å². The van der Waals surface area contributed by atoms with Gasteiger partial charge in [0.25, 0.3) is 5.91 Å². The number of nitrogens with two attached hydrogens (primary N) is 1. The van der Waals surface area contributed by atoms with Crippen LogP contribution in [-0.4, -0.2) is 32.3 Å². The van der Waals surface area contributed by atoms with Gasteiger partial charge in [0.05, 0.1) is 10.5 Å².